The third-order valence-electron chi connectivity index (χ3n) is 3.14. The summed E-state index contributed by atoms with van der Waals surface area (Å²) in [6.45, 7) is -0.390. The van der Waals surface area contributed by atoms with E-state index in [0.29, 0.717) is 17.8 Å². The van der Waals surface area contributed by atoms with E-state index in [-0.39, 0.29) is 37.1 Å². The van der Waals surface area contributed by atoms with Crippen LogP contribution < -0.4 is 5.32 Å². The van der Waals surface area contributed by atoms with Gasteiger partial charge in [-0.05, 0) is 17.7 Å². The molecular formula is C13H13ClF3N3O. The summed E-state index contributed by atoms with van der Waals surface area (Å²) in [6, 6.07) is 5.42. The van der Waals surface area contributed by atoms with Crippen molar-refractivity contribution in [2.75, 3.05) is 6.54 Å². The predicted octanol–water partition coefficient (Wildman–Crippen LogP) is 2.89. The summed E-state index contributed by atoms with van der Waals surface area (Å²) in [5.74, 6) is -2.60. The lowest BCUT2D eigenvalue weighted by atomic mass is 10.1. The molecule has 0 aliphatic carbocycles. The first-order chi connectivity index (χ1) is 9.52. The fourth-order valence-electron chi connectivity index (χ4n) is 2.20. The second kappa shape index (κ2) is 6.03. The van der Waals surface area contributed by atoms with E-state index in [9.17, 15) is 13.2 Å². The molecule has 1 N–H and O–H groups in total. The molecule has 0 radical (unpaired) electrons. The maximum atomic E-state index is 13.1. The van der Waals surface area contributed by atoms with E-state index >= 15 is 0 Å². The Balaban J connectivity index is 0.00000161. The zero-order valence-electron chi connectivity index (χ0n) is 10.9. The molecule has 21 heavy (non-hydrogen) atoms. The molecule has 1 atom stereocenters. The molecule has 0 saturated carbocycles. The molecule has 4 nitrogen and oxygen atoms in total. The van der Waals surface area contributed by atoms with Gasteiger partial charge in [-0.2, -0.15) is 4.98 Å². The third kappa shape index (κ3) is 3.74. The average Bonchev–Trinajstić information content (AvgIpc) is 2.96. The predicted molar refractivity (Wildman–Crippen MR) is 71.1 cm³/mol. The van der Waals surface area contributed by atoms with Gasteiger partial charge in [0.15, 0.2) is 5.82 Å². The van der Waals surface area contributed by atoms with Crippen LogP contribution in [0.2, 0.25) is 0 Å². The lowest BCUT2D eigenvalue weighted by Crippen LogP contribution is -2.19. The molecule has 2 heterocycles. The Bertz CT molecular complexity index is 620. The van der Waals surface area contributed by atoms with Crippen molar-refractivity contribution in [2.24, 2.45) is 0 Å². The Morgan fingerprint density at radius 1 is 1.38 bits per heavy atom. The molecule has 1 aliphatic heterocycles. The van der Waals surface area contributed by atoms with Crippen LogP contribution in [0.1, 0.15) is 29.7 Å². The van der Waals surface area contributed by atoms with Gasteiger partial charge in [0.1, 0.15) is 5.82 Å². The Morgan fingerprint density at radius 3 is 2.86 bits per heavy atom. The first kappa shape index (κ1) is 15.8. The van der Waals surface area contributed by atoms with Gasteiger partial charge >= 0.3 is 0 Å². The van der Waals surface area contributed by atoms with Gasteiger partial charge in [-0.1, -0.05) is 17.3 Å². The summed E-state index contributed by atoms with van der Waals surface area (Å²) in [5, 5.41) is 6.38. The molecule has 8 heteroatoms. The molecule has 0 bridgehead atoms. The lowest BCUT2D eigenvalue weighted by molar-refractivity contribution is 0.0200. The number of nitrogens with zero attached hydrogens (tertiary/aromatic N) is 2. The minimum atomic E-state index is -2.75. The number of hydrogen-bond donors (Lipinski definition) is 1. The van der Waals surface area contributed by atoms with Crippen LogP contribution in [0.25, 0.3) is 0 Å². The first-order valence-electron chi connectivity index (χ1n) is 6.20. The van der Waals surface area contributed by atoms with E-state index in [1.54, 1.807) is 12.1 Å². The summed E-state index contributed by atoms with van der Waals surface area (Å²) in [7, 11) is 0. The van der Waals surface area contributed by atoms with Crippen molar-refractivity contribution in [3.05, 3.63) is 47.4 Å². The third-order valence-corrected chi connectivity index (χ3v) is 3.14. The summed E-state index contributed by atoms with van der Waals surface area (Å²) in [4.78, 5) is 4.09. The Kier molecular flexibility index (Phi) is 4.53. The maximum Gasteiger partial charge on any atom is 0.262 e. The molecule has 1 aromatic carbocycles. The van der Waals surface area contributed by atoms with Crippen LogP contribution in [0.3, 0.4) is 0 Å². The number of halogens is 4. The van der Waals surface area contributed by atoms with Gasteiger partial charge in [-0.25, -0.2) is 13.2 Å². The van der Waals surface area contributed by atoms with E-state index in [4.69, 9.17) is 4.52 Å². The van der Waals surface area contributed by atoms with Crippen LogP contribution in [0.4, 0.5) is 13.2 Å². The zero-order chi connectivity index (χ0) is 14.2. The smallest absolute Gasteiger partial charge is 0.262 e. The highest BCUT2D eigenvalue weighted by Crippen LogP contribution is 2.33. The lowest BCUT2D eigenvalue weighted by Gasteiger charge is -2.04. The van der Waals surface area contributed by atoms with Crippen LogP contribution in [0.5, 0.6) is 0 Å². The van der Waals surface area contributed by atoms with Crippen LogP contribution in [-0.2, 0) is 6.42 Å². The molecule has 1 fully saturated rings. The normalized spacial score (nSPS) is 20.2. The van der Waals surface area contributed by atoms with Gasteiger partial charge in [-0.3, -0.25) is 5.32 Å². The standard InChI is InChI=1S/C13H12F3N3O.ClH/c14-9-3-1-2-8(4-9)5-11-18-12(20-19-11)10-6-13(15,16)7-17-10;/h1-4,10,17H,5-7H2;1H. The molecular weight excluding hydrogens is 307 g/mol. The molecule has 0 amide bonds. The monoisotopic (exact) mass is 319 g/mol. The molecule has 0 spiro atoms. The van der Waals surface area contributed by atoms with E-state index in [1.807, 2.05) is 0 Å². The van der Waals surface area contributed by atoms with E-state index in [0.717, 1.165) is 0 Å². The number of nitrogens with one attached hydrogen (secondary N) is 1. The second-order valence-electron chi connectivity index (χ2n) is 4.85. The Morgan fingerprint density at radius 2 is 2.19 bits per heavy atom. The second-order valence-corrected chi connectivity index (χ2v) is 4.85. The van der Waals surface area contributed by atoms with Gasteiger partial charge in [0, 0.05) is 12.8 Å². The molecule has 1 aromatic heterocycles. The van der Waals surface area contributed by atoms with Crippen LogP contribution in [0, 0.1) is 5.82 Å². The van der Waals surface area contributed by atoms with Crippen molar-refractivity contribution >= 4 is 12.4 Å². The van der Waals surface area contributed by atoms with Gasteiger partial charge in [0.05, 0.1) is 12.6 Å². The summed E-state index contributed by atoms with van der Waals surface area (Å²) in [5.41, 5.74) is 0.696. The number of rotatable bonds is 3. The number of alkyl halides is 2. The van der Waals surface area contributed by atoms with E-state index in [1.165, 1.54) is 12.1 Å². The molecule has 2 aromatic rings. The van der Waals surface area contributed by atoms with Crippen LogP contribution in [0.15, 0.2) is 28.8 Å². The maximum absolute atomic E-state index is 13.1. The minimum absolute atomic E-state index is 0. The number of aromatic nitrogens is 2. The SMILES string of the molecule is Cl.Fc1cccc(Cc2noc(C3CC(F)(F)CN3)n2)c1. The number of hydrogen-bond acceptors (Lipinski definition) is 4. The zero-order valence-corrected chi connectivity index (χ0v) is 11.7. The summed E-state index contributed by atoms with van der Waals surface area (Å²) in [6.07, 6.45) is -0.0566. The van der Waals surface area contributed by atoms with Gasteiger partial charge in [-0.15, -0.1) is 12.4 Å². The van der Waals surface area contributed by atoms with Gasteiger partial charge in [0.2, 0.25) is 5.89 Å². The van der Waals surface area contributed by atoms with E-state index < -0.39 is 12.0 Å². The fraction of sp³-hybridized carbons (Fsp3) is 0.385. The fourth-order valence-corrected chi connectivity index (χ4v) is 2.20. The minimum Gasteiger partial charge on any atom is -0.338 e. The molecule has 3 rings (SSSR count). The van der Waals surface area contributed by atoms with Gasteiger partial charge in [0.25, 0.3) is 5.92 Å². The van der Waals surface area contributed by atoms with Crippen molar-refractivity contribution in [3.8, 4) is 0 Å². The Hall–Kier alpha value is -1.60. The first-order valence-corrected chi connectivity index (χ1v) is 6.20. The van der Waals surface area contributed by atoms with Crippen LogP contribution in [-0.4, -0.2) is 22.6 Å². The van der Waals surface area contributed by atoms with Crippen molar-refractivity contribution in [1.29, 1.82) is 0 Å². The van der Waals surface area contributed by atoms with Gasteiger partial charge < -0.3 is 4.52 Å². The average molecular weight is 320 g/mol. The van der Waals surface area contributed by atoms with Crippen molar-refractivity contribution < 1.29 is 17.7 Å². The van der Waals surface area contributed by atoms with Crippen molar-refractivity contribution in [1.82, 2.24) is 15.5 Å². The van der Waals surface area contributed by atoms with Crippen molar-refractivity contribution in [2.45, 2.75) is 24.8 Å². The Labute approximate surface area is 125 Å². The largest absolute Gasteiger partial charge is 0.338 e. The van der Waals surface area contributed by atoms with Crippen molar-refractivity contribution in [3.63, 3.8) is 0 Å². The molecule has 1 aliphatic rings. The summed E-state index contributed by atoms with van der Waals surface area (Å²) >= 11 is 0. The van der Waals surface area contributed by atoms with Crippen LogP contribution >= 0.6 is 12.4 Å². The topological polar surface area (TPSA) is 51.0 Å². The molecule has 114 valence electrons. The highest BCUT2D eigenvalue weighted by atomic mass is 35.5. The summed E-state index contributed by atoms with van der Waals surface area (Å²) < 4.78 is 44.2. The highest BCUT2D eigenvalue weighted by Gasteiger charge is 2.42. The number of benzene rings is 1. The molecule has 1 saturated heterocycles. The molecule has 1 unspecified atom stereocenters. The van der Waals surface area contributed by atoms with E-state index in [2.05, 4.69) is 15.5 Å². The quantitative estimate of drug-likeness (QED) is 0.945. The highest BCUT2D eigenvalue weighted by molar-refractivity contribution is 5.85.